The minimum absolute atomic E-state index is 0.0976. The first kappa shape index (κ1) is 13.7. The van der Waals surface area contributed by atoms with E-state index < -0.39 is 0 Å². The molecule has 1 aliphatic rings. The first-order valence-electron chi connectivity index (χ1n) is 6.86. The highest BCUT2D eigenvalue weighted by Crippen LogP contribution is 2.28. The fourth-order valence-corrected chi connectivity index (χ4v) is 2.73. The molecule has 0 aliphatic heterocycles. The van der Waals surface area contributed by atoms with Crippen LogP contribution in [0.1, 0.15) is 43.0 Å². The van der Waals surface area contributed by atoms with Crippen LogP contribution >= 0.6 is 0 Å². The molecule has 104 valence electrons. The van der Waals surface area contributed by atoms with Crippen LogP contribution in [0.4, 0.5) is 5.69 Å². The molecule has 19 heavy (non-hydrogen) atoms. The summed E-state index contributed by atoms with van der Waals surface area (Å²) in [5.74, 6) is 1.17. The van der Waals surface area contributed by atoms with Gasteiger partial charge in [0.1, 0.15) is 5.75 Å². The molecule has 1 amide bonds. The second kappa shape index (κ2) is 5.95. The van der Waals surface area contributed by atoms with Crippen molar-refractivity contribution in [2.75, 3.05) is 12.8 Å². The van der Waals surface area contributed by atoms with Gasteiger partial charge in [-0.2, -0.15) is 0 Å². The fourth-order valence-electron chi connectivity index (χ4n) is 2.73. The van der Waals surface area contributed by atoms with Crippen molar-refractivity contribution in [1.82, 2.24) is 5.32 Å². The third-order valence-electron chi connectivity index (χ3n) is 3.97. The Kier molecular flexibility index (Phi) is 4.30. The van der Waals surface area contributed by atoms with Crippen molar-refractivity contribution in [3.8, 4) is 5.75 Å². The van der Waals surface area contributed by atoms with Crippen LogP contribution in [0.2, 0.25) is 0 Å². The van der Waals surface area contributed by atoms with Crippen molar-refractivity contribution in [2.24, 2.45) is 5.92 Å². The highest BCUT2D eigenvalue weighted by molar-refractivity contribution is 5.99. The number of nitrogens with two attached hydrogens (primary N) is 1. The molecule has 1 aromatic carbocycles. The summed E-state index contributed by atoms with van der Waals surface area (Å²) >= 11 is 0. The number of benzene rings is 1. The first-order valence-corrected chi connectivity index (χ1v) is 6.86. The highest BCUT2D eigenvalue weighted by atomic mass is 16.5. The number of anilines is 1. The molecule has 2 rings (SSSR count). The Bertz CT molecular complexity index is 453. The molecular weight excluding hydrogens is 240 g/mol. The van der Waals surface area contributed by atoms with Gasteiger partial charge in [-0.3, -0.25) is 4.79 Å². The predicted molar refractivity (Wildman–Crippen MR) is 76.3 cm³/mol. The van der Waals surface area contributed by atoms with Gasteiger partial charge in [-0.05, 0) is 37.8 Å². The van der Waals surface area contributed by atoms with E-state index in [2.05, 4.69) is 12.2 Å². The molecule has 0 unspecified atom stereocenters. The average molecular weight is 262 g/mol. The number of rotatable bonds is 4. The van der Waals surface area contributed by atoms with E-state index in [9.17, 15) is 4.79 Å². The van der Waals surface area contributed by atoms with Crippen LogP contribution in [0.15, 0.2) is 18.2 Å². The first-order chi connectivity index (χ1) is 9.11. The number of nitrogen functional groups attached to an aromatic ring is 1. The summed E-state index contributed by atoms with van der Waals surface area (Å²) < 4.78 is 5.08. The SMILES string of the molecule is COc1ccc(C(=O)N[C@@H](C)C2CCCC2)c(N)c1. The van der Waals surface area contributed by atoms with Gasteiger partial charge in [0.15, 0.2) is 0 Å². The molecule has 0 bridgehead atoms. The molecule has 4 heteroatoms. The summed E-state index contributed by atoms with van der Waals surface area (Å²) in [5.41, 5.74) is 6.86. The molecule has 1 aromatic rings. The highest BCUT2D eigenvalue weighted by Gasteiger charge is 2.23. The lowest BCUT2D eigenvalue weighted by atomic mass is 9.99. The number of nitrogens with one attached hydrogen (secondary N) is 1. The van der Waals surface area contributed by atoms with Crippen molar-refractivity contribution in [3.63, 3.8) is 0 Å². The molecule has 0 spiro atoms. The molecule has 1 fully saturated rings. The van der Waals surface area contributed by atoms with Gasteiger partial charge >= 0.3 is 0 Å². The smallest absolute Gasteiger partial charge is 0.253 e. The zero-order valence-electron chi connectivity index (χ0n) is 11.6. The van der Waals surface area contributed by atoms with E-state index in [4.69, 9.17) is 10.5 Å². The minimum Gasteiger partial charge on any atom is -0.497 e. The van der Waals surface area contributed by atoms with Gasteiger partial charge in [-0.25, -0.2) is 0 Å². The van der Waals surface area contributed by atoms with Gasteiger partial charge in [-0.1, -0.05) is 12.8 Å². The summed E-state index contributed by atoms with van der Waals surface area (Å²) in [6.45, 7) is 2.08. The Morgan fingerprint density at radius 3 is 2.68 bits per heavy atom. The monoisotopic (exact) mass is 262 g/mol. The van der Waals surface area contributed by atoms with Crippen LogP contribution in [0.3, 0.4) is 0 Å². The van der Waals surface area contributed by atoms with Gasteiger partial charge in [-0.15, -0.1) is 0 Å². The molecule has 3 N–H and O–H groups in total. The number of hydrogen-bond donors (Lipinski definition) is 2. The minimum atomic E-state index is -0.0976. The van der Waals surface area contributed by atoms with Crippen molar-refractivity contribution in [1.29, 1.82) is 0 Å². The number of carbonyl (C=O) groups is 1. The van der Waals surface area contributed by atoms with Crippen molar-refractivity contribution in [3.05, 3.63) is 23.8 Å². The van der Waals surface area contributed by atoms with Crippen LogP contribution in [0, 0.1) is 5.92 Å². The normalized spacial score (nSPS) is 17.2. The van der Waals surface area contributed by atoms with E-state index in [0.717, 1.165) is 0 Å². The van der Waals surface area contributed by atoms with Crippen molar-refractivity contribution in [2.45, 2.75) is 38.6 Å². The lowest BCUT2D eigenvalue weighted by Gasteiger charge is -2.20. The van der Waals surface area contributed by atoms with Crippen LogP contribution in [-0.4, -0.2) is 19.1 Å². The quantitative estimate of drug-likeness (QED) is 0.820. The van der Waals surface area contributed by atoms with E-state index in [-0.39, 0.29) is 11.9 Å². The third kappa shape index (κ3) is 3.19. The van der Waals surface area contributed by atoms with Gasteiger partial charge in [0.05, 0.1) is 12.7 Å². The summed E-state index contributed by atoms with van der Waals surface area (Å²) in [6, 6.07) is 5.35. The molecule has 1 saturated carbocycles. The van der Waals surface area contributed by atoms with Crippen molar-refractivity contribution < 1.29 is 9.53 Å². The van der Waals surface area contributed by atoms with E-state index in [1.165, 1.54) is 25.7 Å². The molecule has 1 atom stereocenters. The lowest BCUT2D eigenvalue weighted by Crippen LogP contribution is -2.37. The fraction of sp³-hybridized carbons (Fsp3) is 0.533. The van der Waals surface area contributed by atoms with Crippen molar-refractivity contribution >= 4 is 11.6 Å². The molecule has 0 aromatic heterocycles. The summed E-state index contributed by atoms with van der Waals surface area (Å²) in [6.07, 6.45) is 4.96. The van der Waals surface area contributed by atoms with Crippen LogP contribution < -0.4 is 15.8 Å². The van der Waals surface area contributed by atoms with Gasteiger partial charge < -0.3 is 15.8 Å². The second-order valence-corrected chi connectivity index (χ2v) is 5.26. The third-order valence-corrected chi connectivity index (χ3v) is 3.97. The standard InChI is InChI=1S/C15H22N2O2/c1-10(11-5-3-4-6-11)17-15(18)13-8-7-12(19-2)9-14(13)16/h7-11H,3-6,16H2,1-2H3,(H,17,18)/t10-/m0/s1. The van der Waals surface area contributed by atoms with E-state index in [1.807, 2.05) is 0 Å². The summed E-state index contributed by atoms with van der Waals surface area (Å²) in [7, 11) is 1.58. The number of amides is 1. The molecule has 0 saturated heterocycles. The molecule has 0 heterocycles. The van der Waals surface area contributed by atoms with Crippen LogP contribution in [0.25, 0.3) is 0 Å². The maximum Gasteiger partial charge on any atom is 0.253 e. The lowest BCUT2D eigenvalue weighted by molar-refractivity contribution is 0.0928. The van der Waals surface area contributed by atoms with E-state index in [1.54, 1.807) is 25.3 Å². The van der Waals surface area contributed by atoms with Gasteiger partial charge in [0.2, 0.25) is 0 Å². The topological polar surface area (TPSA) is 64.3 Å². The average Bonchev–Trinajstić information content (AvgIpc) is 2.92. The van der Waals surface area contributed by atoms with E-state index in [0.29, 0.717) is 22.9 Å². The summed E-state index contributed by atoms with van der Waals surface area (Å²) in [5, 5.41) is 3.06. The Hall–Kier alpha value is -1.71. The Morgan fingerprint density at radius 1 is 1.42 bits per heavy atom. The molecular formula is C15H22N2O2. The van der Waals surface area contributed by atoms with E-state index >= 15 is 0 Å². The van der Waals surface area contributed by atoms with Gasteiger partial charge in [0.25, 0.3) is 5.91 Å². The Morgan fingerprint density at radius 2 is 2.11 bits per heavy atom. The van der Waals surface area contributed by atoms with Gasteiger partial charge in [0, 0.05) is 17.8 Å². The zero-order valence-corrected chi connectivity index (χ0v) is 11.6. The largest absolute Gasteiger partial charge is 0.497 e. The number of carbonyl (C=O) groups excluding carboxylic acids is 1. The second-order valence-electron chi connectivity index (χ2n) is 5.26. The molecule has 0 radical (unpaired) electrons. The number of hydrogen-bond acceptors (Lipinski definition) is 3. The predicted octanol–water partition coefficient (Wildman–Crippen LogP) is 2.59. The zero-order chi connectivity index (χ0) is 13.8. The molecule has 1 aliphatic carbocycles. The Balaban J connectivity index is 2.02. The van der Waals surface area contributed by atoms with Crippen LogP contribution in [0.5, 0.6) is 5.75 Å². The van der Waals surface area contributed by atoms with Crippen LogP contribution in [-0.2, 0) is 0 Å². The maximum atomic E-state index is 12.2. The molecule has 4 nitrogen and oxygen atoms in total. The maximum absolute atomic E-state index is 12.2. The number of ether oxygens (including phenoxy) is 1. The Labute approximate surface area is 114 Å². The summed E-state index contributed by atoms with van der Waals surface area (Å²) in [4.78, 5) is 12.2. The number of methoxy groups -OCH3 is 1.